The molecule has 0 radical (unpaired) electrons. The second-order valence-corrected chi connectivity index (χ2v) is 3.81. The summed E-state index contributed by atoms with van der Waals surface area (Å²) in [4.78, 5) is 18.4. The molecule has 0 aromatic carbocycles. The van der Waals surface area contributed by atoms with Gasteiger partial charge in [0, 0.05) is 10.7 Å². The van der Waals surface area contributed by atoms with Crippen LogP contribution in [0, 0.1) is 0 Å². The number of carboxylic acids is 1. The van der Waals surface area contributed by atoms with Crippen LogP contribution in [0.3, 0.4) is 0 Å². The first kappa shape index (κ1) is 9.91. The Kier molecular flexibility index (Phi) is 2.31. The Bertz CT molecular complexity index is 537. The molecule has 15 heavy (non-hydrogen) atoms. The summed E-state index contributed by atoms with van der Waals surface area (Å²) in [5.41, 5.74) is 6.17. The van der Waals surface area contributed by atoms with Gasteiger partial charge in [-0.05, 0) is 15.9 Å². The van der Waals surface area contributed by atoms with E-state index in [0.717, 1.165) is 0 Å². The maximum atomic E-state index is 10.6. The molecule has 3 N–H and O–H groups in total. The maximum absolute atomic E-state index is 10.6. The zero-order chi connectivity index (χ0) is 11.0. The highest BCUT2D eigenvalue weighted by atomic mass is 79.9. The van der Waals surface area contributed by atoms with Crippen LogP contribution in [0.4, 0.5) is 5.82 Å². The lowest BCUT2D eigenvalue weighted by molar-refractivity contribution is -0.137. The molecule has 0 fully saturated rings. The number of nitrogen functional groups attached to an aromatic ring is 1. The molecule has 2 heterocycles. The molecule has 78 valence electrons. The maximum Gasteiger partial charge on any atom is 0.323 e. The molecular formula is C8H7BrN4O2. The minimum Gasteiger partial charge on any atom is -0.480 e. The van der Waals surface area contributed by atoms with Crippen molar-refractivity contribution in [2.75, 3.05) is 5.73 Å². The number of fused-ring (bicyclic) bond motifs is 1. The lowest BCUT2D eigenvalue weighted by Crippen LogP contribution is -2.08. The Morgan fingerprint density at radius 3 is 3.00 bits per heavy atom. The van der Waals surface area contributed by atoms with Crippen LogP contribution in [0.1, 0.15) is 0 Å². The topological polar surface area (TPSA) is 94.0 Å². The van der Waals surface area contributed by atoms with Crippen LogP contribution < -0.4 is 5.73 Å². The third-order valence-corrected chi connectivity index (χ3v) is 2.54. The van der Waals surface area contributed by atoms with Gasteiger partial charge in [0.1, 0.15) is 24.3 Å². The largest absolute Gasteiger partial charge is 0.480 e. The average molecular weight is 271 g/mol. The van der Waals surface area contributed by atoms with Gasteiger partial charge in [-0.1, -0.05) is 0 Å². The molecule has 0 bridgehead atoms. The number of aliphatic carboxylic acids is 1. The highest BCUT2D eigenvalue weighted by Gasteiger charge is 2.12. The fourth-order valence-corrected chi connectivity index (χ4v) is 1.99. The van der Waals surface area contributed by atoms with Gasteiger partial charge in [0.2, 0.25) is 0 Å². The minimum atomic E-state index is -0.934. The SMILES string of the molecule is Nc1ncnc2c1c(Br)cn2CC(=O)O. The number of carbonyl (C=O) groups is 1. The molecule has 0 aliphatic carbocycles. The highest BCUT2D eigenvalue weighted by molar-refractivity contribution is 9.10. The van der Waals surface area contributed by atoms with Crippen LogP contribution in [0.25, 0.3) is 11.0 Å². The van der Waals surface area contributed by atoms with Crippen LogP contribution in [0.5, 0.6) is 0 Å². The number of nitrogens with two attached hydrogens (primary N) is 1. The van der Waals surface area contributed by atoms with Crippen molar-refractivity contribution in [3.05, 3.63) is 17.0 Å². The van der Waals surface area contributed by atoms with E-state index >= 15 is 0 Å². The average Bonchev–Trinajstić information content (AvgIpc) is 2.44. The van der Waals surface area contributed by atoms with E-state index in [-0.39, 0.29) is 6.54 Å². The molecule has 2 aromatic heterocycles. The van der Waals surface area contributed by atoms with Gasteiger partial charge >= 0.3 is 5.97 Å². The van der Waals surface area contributed by atoms with Gasteiger partial charge in [-0.15, -0.1) is 0 Å². The van der Waals surface area contributed by atoms with E-state index in [1.165, 1.54) is 10.9 Å². The van der Waals surface area contributed by atoms with Gasteiger partial charge in [0.25, 0.3) is 0 Å². The zero-order valence-electron chi connectivity index (χ0n) is 7.51. The fraction of sp³-hybridized carbons (Fsp3) is 0.125. The zero-order valence-corrected chi connectivity index (χ0v) is 9.10. The van der Waals surface area contributed by atoms with E-state index in [9.17, 15) is 4.79 Å². The van der Waals surface area contributed by atoms with Crippen molar-refractivity contribution in [3.8, 4) is 0 Å². The van der Waals surface area contributed by atoms with Crippen molar-refractivity contribution in [1.29, 1.82) is 0 Å². The van der Waals surface area contributed by atoms with Crippen LogP contribution >= 0.6 is 15.9 Å². The van der Waals surface area contributed by atoms with Gasteiger partial charge in [0.05, 0.1) is 5.39 Å². The predicted octanol–water partition coefficient (Wildman–Crippen LogP) is 0.861. The summed E-state index contributed by atoms with van der Waals surface area (Å²) in [6.45, 7) is -0.154. The van der Waals surface area contributed by atoms with E-state index in [0.29, 0.717) is 21.3 Å². The number of carboxylic acid groups (broad SMARTS) is 1. The standard InChI is InChI=1S/C8H7BrN4O2/c9-4-1-13(2-5(14)15)8-6(4)7(10)11-3-12-8/h1,3H,2H2,(H,14,15)(H2,10,11,12). The Hall–Kier alpha value is -1.63. The summed E-state index contributed by atoms with van der Waals surface area (Å²) in [6.07, 6.45) is 2.94. The van der Waals surface area contributed by atoms with Crippen LogP contribution in [-0.2, 0) is 11.3 Å². The van der Waals surface area contributed by atoms with Gasteiger partial charge in [-0.3, -0.25) is 4.79 Å². The van der Waals surface area contributed by atoms with Gasteiger partial charge < -0.3 is 15.4 Å². The second kappa shape index (κ2) is 3.50. The molecular weight excluding hydrogens is 264 g/mol. The van der Waals surface area contributed by atoms with Crippen molar-refractivity contribution in [3.63, 3.8) is 0 Å². The molecule has 6 nitrogen and oxygen atoms in total. The number of rotatable bonds is 2. The molecule has 7 heteroatoms. The Morgan fingerprint density at radius 1 is 1.60 bits per heavy atom. The van der Waals surface area contributed by atoms with E-state index in [2.05, 4.69) is 25.9 Å². The Labute approximate surface area is 92.9 Å². The lowest BCUT2D eigenvalue weighted by Gasteiger charge is -1.99. The van der Waals surface area contributed by atoms with Crippen molar-refractivity contribution < 1.29 is 9.90 Å². The van der Waals surface area contributed by atoms with Crippen molar-refractivity contribution in [1.82, 2.24) is 14.5 Å². The summed E-state index contributed by atoms with van der Waals surface area (Å²) in [7, 11) is 0. The monoisotopic (exact) mass is 270 g/mol. The summed E-state index contributed by atoms with van der Waals surface area (Å²) in [5, 5.41) is 9.33. The molecule has 0 saturated carbocycles. The molecule has 0 saturated heterocycles. The van der Waals surface area contributed by atoms with Crippen LogP contribution in [-0.4, -0.2) is 25.6 Å². The van der Waals surface area contributed by atoms with E-state index in [1.807, 2.05) is 0 Å². The van der Waals surface area contributed by atoms with Gasteiger partial charge in [0.15, 0.2) is 0 Å². The third-order valence-electron chi connectivity index (χ3n) is 1.94. The summed E-state index contributed by atoms with van der Waals surface area (Å²) >= 11 is 3.28. The van der Waals surface area contributed by atoms with E-state index < -0.39 is 5.97 Å². The molecule has 0 amide bonds. The normalized spacial score (nSPS) is 10.7. The van der Waals surface area contributed by atoms with Gasteiger partial charge in [-0.2, -0.15) is 0 Å². The number of nitrogens with zero attached hydrogens (tertiary/aromatic N) is 3. The minimum absolute atomic E-state index is 0.154. The number of hydrogen-bond donors (Lipinski definition) is 2. The smallest absolute Gasteiger partial charge is 0.323 e. The van der Waals surface area contributed by atoms with Crippen LogP contribution in [0.15, 0.2) is 17.0 Å². The lowest BCUT2D eigenvalue weighted by atomic mass is 10.4. The summed E-state index contributed by atoms with van der Waals surface area (Å²) < 4.78 is 2.19. The third kappa shape index (κ3) is 1.65. The molecule has 0 atom stereocenters. The first-order valence-corrected chi connectivity index (χ1v) is 4.85. The Morgan fingerprint density at radius 2 is 2.33 bits per heavy atom. The highest BCUT2D eigenvalue weighted by Crippen LogP contribution is 2.27. The number of halogens is 1. The summed E-state index contributed by atoms with van der Waals surface area (Å²) in [6, 6.07) is 0. The number of aromatic nitrogens is 3. The molecule has 2 aromatic rings. The van der Waals surface area contributed by atoms with Crippen LogP contribution in [0.2, 0.25) is 0 Å². The molecule has 0 spiro atoms. The molecule has 0 aliphatic heterocycles. The van der Waals surface area contributed by atoms with Crippen molar-refractivity contribution in [2.45, 2.75) is 6.54 Å². The fourth-order valence-electron chi connectivity index (χ4n) is 1.37. The first-order chi connectivity index (χ1) is 7.09. The molecule has 2 rings (SSSR count). The quantitative estimate of drug-likeness (QED) is 0.844. The Balaban J connectivity index is 2.68. The predicted molar refractivity (Wildman–Crippen MR) is 57.3 cm³/mol. The first-order valence-electron chi connectivity index (χ1n) is 4.06. The number of hydrogen-bond acceptors (Lipinski definition) is 4. The van der Waals surface area contributed by atoms with E-state index in [1.54, 1.807) is 6.20 Å². The van der Waals surface area contributed by atoms with Gasteiger partial charge in [-0.25, -0.2) is 9.97 Å². The van der Waals surface area contributed by atoms with Crippen molar-refractivity contribution >= 4 is 38.8 Å². The second-order valence-electron chi connectivity index (χ2n) is 2.96. The van der Waals surface area contributed by atoms with E-state index in [4.69, 9.17) is 10.8 Å². The number of anilines is 1. The molecule has 0 aliphatic rings. The summed E-state index contributed by atoms with van der Waals surface area (Å²) in [5.74, 6) is -0.604. The van der Waals surface area contributed by atoms with Crippen molar-refractivity contribution in [2.24, 2.45) is 0 Å². The molecule has 0 unspecified atom stereocenters.